The summed E-state index contributed by atoms with van der Waals surface area (Å²) in [5.41, 5.74) is 0. The van der Waals surface area contributed by atoms with E-state index in [0.29, 0.717) is 0 Å². The van der Waals surface area contributed by atoms with Crippen LogP contribution in [0.3, 0.4) is 0 Å². The Bertz CT molecular complexity index is 119. The van der Waals surface area contributed by atoms with Crippen LogP contribution in [-0.2, 0) is 0 Å². The maximum Gasteiger partial charge on any atom is 0.0951 e. The van der Waals surface area contributed by atoms with Crippen LogP contribution in [0.1, 0.15) is 25.7 Å². The molecule has 0 aromatic rings. The normalized spacial score (nSPS) is 40.1. The molecule has 3 N–H and O–H groups in total. The molecule has 0 bridgehead atoms. The van der Waals surface area contributed by atoms with Gasteiger partial charge in [-0.05, 0) is 19.9 Å². The maximum absolute atomic E-state index is 9.50. The highest BCUT2D eigenvalue weighted by Crippen LogP contribution is 2.18. The van der Waals surface area contributed by atoms with Crippen molar-refractivity contribution in [3.8, 4) is 0 Å². The first kappa shape index (κ1) is 8.97. The van der Waals surface area contributed by atoms with Gasteiger partial charge in [-0.1, -0.05) is 12.8 Å². The predicted molar refractivity (Wildman–Crippen MR) is 43.3 cm³/mol. The van der Waals surface area contributed by atoms with Crippen molar-refractivity contribution >= 4 is 0 Å². The van der Waals surface area contributed by atoms with Gasteiger partial charge < -0.3 is 15.5 Å². The minimum atomic E-state index is -0.581. The number of aliphatic hydroxyl groups is 2. The predicted octanol–water partition coefficient (Wildman–Crippen LogP) is -0.130. The number of likely N-dealkylation sites (N-methyl/N-ethyl adjacent to an activating group) is 1. The van der Waals surface area contributed by atoms with Gasteiger partial charge in [0.2, 0.25) is 0 Å². The molecule has 0 aromatic carbocycles. The summed E-state index contributed by atoms with van der Waals surface area (Å²) >= 11 is 0. The van der Waals surface area contributed by atoms with E-state index in [4.69, 9.17) is 0 Å². The van der Waals surface area contributed by atoms with Crippen LogP contribution >= 0.6 is 0 Å². The number of nitrogens with one attached hydrogen (secondary N) is 1. The highest BCUT2D eigenvalue weighted by atomic mass is 16.3. The molecule has 0 unspecified atom stereocenters. The molecule has 1 aliphatic carbocycles. The third kappa shape index (κ3) is 2.15. The van der Waals surface area contributed by atoms with Crippen LogP contribution in [-0.4, -0.2) is 35.5 Å². The summed E-state index contributed by atoms with van der Waals surface area (Å²) in [4.78, 5) is 0. The lowest BCUT2D eigenvalue weighted by atomic mass is 10.0. The van der Waals surface area contributed by atoms with Gasteiger partial charge in [0.25, 0.3) is 0 Å². The summed E-state index contributed by atoms with van der Waals surface area (Å²) in [5, 5.41) is 21.9. The van der Waals surface area contributed by atoms with Gasteiger partial charge in [0, 0.05) is 6.04 Å². The fourth-order valence-electron chi connectivity index (χ4n) is 1.64. The van der Waals surface area contributed by atoms with Crippen molar-refractivity contribution in [3.63, 3.8) is 0 Å². The average molecular weight is 159 g/mol. The Labute approximate surface area is 67.4 Å². The van der Waals surface area contributed by atoms with Crippen LogP contribution in [0.4, 0.5) is 0 Å². The standard InChI is InChI=1S/C8H17NO2/c1-9-6-4-2-3-5-7(10)8(6)11/h6-11H,2-5H2,1H3/t6-,7+,8-/m1/s1. The molecule has 3 atom stereocenters. The second-order valence-corrected chi connectivity index (χ2v) is 3.24. The molecular formula is C8H17NO2. The van der Waals surface area contributed by atoms with Crippen molar-refractivity contribution in [3.05, 3.63) is 0 Å². The van der Waals surface area contributed by atoms with E-state index in [9.17, 15) is 10.2 Å². The number of aliphatic hydroxyl groups excluding tert-OH is 2. The molecule has 3 heteroatoms. The quantitative estimate of drug-likeness (QED) is 0.467. The van der Waals surface area contributed by atoms with E-state index in [1.165, 1.54) is 0 Å². The number of rotatable bonds is 1. The smallest absolute Gasteiger partial charge is 0.0951 e. The third-order valence-corrected chi connectivity index (χ3v) is 2.44. The lowest BCUT2D eigenvalue weighted by Crippen LogP contribution is -2.43. The number of hydrogen-bond donors (Lipinski definition) is 3. The van der Waals surface area contributed by atoms with Crippen molar-refractivity contribution in [2.45, 2.75) is 43.9 Å². The summed E-state index contributed by atoms with van der Waals surface area (Å²) < 4.78 is 0. The molecule has 0 amide bonds. The molecule has 1 saturated carbocycles. The maximum atomic E-state index is 9.50. The second-order valence-electron chi connectivity index (χ2n) is 3.24. The Kier molecular flexibility index (Phi) is 3.30. The van der Waals surface area contributed by atoms with E-state index >= 15 is 0 Å². The largest absolute Gasteiger partial charge is 0.390 e. The van der Waals surface area contributed by atoms with Crippen LogP contribution in [0.25, 0.3) is 0 Å². The van der Waals surface area contributed by atoms with Gasteiger partial charge in [-0.15, -0.1) is 0 Å². The van der Waals surface area contributed by atoms with Crippen LogP contribution in [0.5, 0.6) is 0 Å². The zero-order valence-electron chi connectivity index (χ0n) is 6.95. The fraction of sp³-hybridized carbons (Fsp3) is 1.00. The molecular weight excluding hydrogens is 142 g/mol. The van der Waals surface area contributed by atoms with Crippen LogP contribution < -0.4 is 5.32 Å². The Morgan fingerprint density at radius 2 is 1.82 bits per heavy atom. The van der Waals surface area contributed by atoms with E-state index in [1.807, 2.05) is 7.05 Å². The molecule has 0 saturated heterocycles. The first-order chi connectivity index (χ1) is 5.25. The zero-order valence-corrected chi connectivity index (χ0v) is 6.95. The zero-order chi connectivity index (χ0) is 8.27. The second kappa shape index (κ2) is 4.04. The van der Waals surface area contributed by atoms with Crippen LogP contribution in [0, 0.1) is 0 Å². The summed E-state index contributed by atoms with van der Waals surface area (Å²) in [5.74, 6) is 0. The Morgan fingerprint density at radius 3 is 2.45 bits per heavy atom. The van der Waals surface area contributed by atoms with E-state index < -0.39 is 12.2 Å². The van der Waals surface area contributed by atoms with Gasteiger partial charge >= 0.3 is 0 Å². The van der Waals surface area contributed by atoms with Gasteiger partial charge in [-0.25, -0.2) is 0 Å². The molecule has 1 rings (SSSR count). The lowest BCUT2D eigenvalue weighted by Gasteiger charge is -2.22. The molecule has 0 aromatic heterocycles. The first-order valence-electron chi connectivity index (χ1n) is 4.29. The van der Waals surface area contributed by atoms with E-state index in [0.717, 1.165) is 25.7 Å². The SMILES string of the molecule is CN[C@@H]1CCCC[C@H](O)[C@@H]1O. The lowest BCUT2D eigenvalue weighted by molar-refractivity contribution is -0.000408. The topological polar surface area (TPSA) is 52.5 Å². The van der Waals surface area contributed by atoms with Crippen molar-refractivity contribution in [1.29, 1.82) is 0 Å². The summed E-state index contributed by atoms with van der Waals surface area (Å²) in [7, 11) is 1.83. The van der Waals surface area contributed by atoms with Gasteiger partial charge in [0.15, 0.2) is 0 Å². The van der Waals surface area contributed by atoms with Crippen molar-refractivity contribution in [2.24, 2.45) is 0 Å². The summed E-state index contributed by atoms with van der Waals surface area (Å²) in [6.45, 7) is 0. The Hall–Kier alpha value is -0.120. The van der Waals surface area contributed by atoms with Gasteiger partial charge in [-0.3, -0.25) is 0 Å². The number of hydrogen-bond acceptors (Lipinski definition) is 3. The third-order valence-electron chi connectivity index (χ3n) is 2.44. The molecule has 0 heterocycles. The van der Waals surface area contributed by atoms with Gasteiger partial charge in [0.05, 0.1) is 12.2 Å². The monoisotopic (exact) mass is 159 g/mol. The van der Waals surface area contributed by atoms with Crippen molar-refractivity contribution in [1.82, 2.24) is 5.32 Å². The molecule has 3 nitrogen and oxygen atoms in total. The molecule has 1 aliphatic rings. The van der Waals surface area contributed by atoms with E-state index in [-0.39, 0.29) is 6.04 Å². The van der Waals surface area contributed by atoms with Crippen molar-refractivity contribution in [2.75, 3.05) is 7.05 Å². The molecule has 0 aliphatic heterocycles. The molecule has 0 radical (unpaired) electrons. The van der Waals surface area contributed by atoms with E-state index in [2.05, 4.69) is 5.32 Å². The Balaban J connectivity index is 2.49. The minimum Gasteiger partial charge on any atom is -0.390 e. The molecule has 0 spiro atoms. The summed E-state index contributed by atoms with van der Waals surface area (Å²) in [6.07, 6.45) is 2.71. The average Bonchev–Trinajstić information content (AvgIpc) is 2.16. The van der Waals surface area contributed by atoms with Crippen LogP contribution in [0.15, 0.2) is 0 Å². The van der Waals surface area contributed by atoms with Gasteiger partial charge in [-0.2, -0.15) is 0 Å². The Morgan fingerprint density at radius 1 is 1.18 bits per heavy atom. The van der Waals surface area contributed by atoms with E-state index in [1.54, 1.807) is 0 Å². The van der Waals surface area contributed by atoms with Gasteiger partial charge in [0.1, 0.15) is 0 Å². The highest BCUT2D eigenvalue weighted by Gasteiger charge is 2.26. The first-order valence-corrected chi connectivity index (χ1v) is 4.29. The summed E-state index contributed by atoms with van der Waals surface area (Å²) in [6, 6.07) is 0.0764. The highest BCUT2D eigenvalue weighted by molar-refractivity contribution is 4.83. The van der Waals surface area contributed by atoms with Crippen molar-refractivity contribution < 1.29 is 10.2 Å². The molecule has 66 valence electrons. The minimum absolute atomic E-state index is 0.0764. The van der Waals surface area contributed by atoms with Crippen LogP contribution in [0.2, 0.25) is 0 Å². The molecule has 1 fully saturated rings. The molecule has 11 heavy (non-hydrogen) atoms. The fourth-order valence-corrected chi connectivity index (χ4v) is 1.64.